The van der Waals surface area contributed by atoms with Gasteiger partial charge in [-0.1, -0.05) is 25.7 Å². The maximum absolute atomic E-state index is 12.8. The van der Waals surface area contributed by atoms with Crippen molar-refractivity contribution in [3.63, 3.8) is 0 Å². The molecule has 3 aromatic rings. The van der Waals surface area contributed by atoms with Gasteiger partial charge in [-0.3, -0.25) is 0 Å². The van der Waals surface area contributed by atoms with Crippen LogP contribution in [0.4, 0.5) is 11.6 Å². The molecule has 0 spiro atoms. The summed E-state index contributed by atoms with van der Waals surface area (Å²) in [4.78, 5) is 19.0. The highest BCUT2D eigenvalue weighted by Gasteiger charge is 2.19. The number of nitrogens with zero attached hydrogens (tertiary/aromatic N) is 4. The van der Waals surface area contributed by atoms with E-state index < -0.39 is 9.84 Å². The lowest BCUT2D eigenvalue weighted by molar-refractivity contribution is 0.205. The van der Waals surface area contributed by atoms with E-state index in [4.69, 9.17) is 4.74 Å². The average Bonchev–Trinajstić information content (AvgIpc) is 3.37. The molecule has 9 nitrogen and oxygen atoms in total. The summed E-state index contributed by atoms with van der Waals surface area (Å²) in [5.41, 5.74) is 1.91. The second-order valence-electron chi connectivity index (χ2n) is 9.64. The van der Waals surface area contributed by atoms with Crippen molar-refractivity contribution < 1.29 is 13.2 Å². The second kappa shape index (κ2) is 10.9. The van der Waals surface area contributed by atoms with Gasteiger partial charge in [-0.05, 0) is 69.0 Å². The first kappa shape index (κ1) is 24.0. The van der Waals surface area contributed by atoms with Crippen molar-refractivity contribution in [3.05, 3.63) is 30.6 Å². The molecular weight excluding hydrogens is 464 g/mol. The maximum Gasteiger partial charge on any atom is 0.245 e. The molecule has 1 aliphatic carbocycles. The van der Waals surface area contributed by atoms with Crippen molar-refractivity contribution in [1.29, 1.82) is 0 Å². The van der Waals surface area contributed by atoms with Gasteiger partial charge in [0.15, 0.2) is 15.5 Å². The molecular formula is C25H34N6O3S. The van der Waals surface area contributed by atoms with Crippen LogP contribution >= 0.6 is 0 Å². The Morgan fingerprint density at radius 1 is 1.00 bits per heavy atom. The van der Waals surface area contributed by atoms with Crippen LogP contribution in [0.25, 0.3) is 11.2 Å². The number of hydrogen-bond acceptors (Lipinski definition) is 8. The summed E-state index contributed by atoms with van der Waals surface area (Å²) in [5.74, 6) is 1.54. The van der Waals surface area contributed by atoms with Crippen LogP contribution in [0.3, 0.4) is 0 Å². The van der Waals surface area contributed by atoms with Gasteiger partial charge in [0, 0.05) is 12.2 Å². The zero-order valence-corrected chi connectivity index (χ0v) is 20.9. The minimum Gasteiger partial charge on any atom is -0.476 e. The summed E-state index contributed by atoms with van der Waals surface area (Å²) in [6.07, 6.45) is 11.3. The van der Waals surface area contributed by atoms with Crippen LogP contribution in [0.1, 0.15) is 51.4 Å². The lowest BCUT2D eigenvalue weighted by Gasteiger charge is -2.26. The van der Waals surface area contributed by atoms with Crippen LogP contribution in [-0.4, -0.2) is 65.2 Å². The van der Waals surface area contributed by atoms with Crippen LogP contribution in [0.5, 0.6) is 5.88 Å². The first-order valence-corrected chi connectivity index (χ1v) is 14.4. The minimum absolute atomic E-state index is 0.139. The molecule has 3 heterocycles. The number of anilines is 2. The van der Waals surface area contributed by atoms with Gasteiger partial charge in [0.1, 0.15) is 5.52 Å². The number of nitrogens with one attached hydrogen (secondary N) is 2. The van der Waals surface area contributed by atoms with Gasteiger partial charge in [0.2, 0.25) is 11.8 Å². The van der Waals surface area contributed by atoms with Crippen LogP contribution in [0.2, 0.25) is 0 Å². The van der Waals surface area contributed by atoms with Crippen molar-refractivity contribution in [2.24, 2.45) is 5.92 Å². The first-order chi connectivity index (χ1) is 17.1. The predicted molar refractivity (Wildman–Crippen MR) is 136 cm³/mol. The number of likely N-dealkylation sites (tertiary alicyclic amines) is 1. The van der Waals surface area contributed by atoms with Gasteiger partial charge in [0.05, 0.1) is 23.6 Å². The first-order valence-electron chi connectivity index (χ1n) is 12.7. The Balaban J connectivity index is 1.24. The topological polar surface area (TPSA) is 113 Å². The largest absolute Gasteiger partial charge is 0.476 e. The number of piperidine rings is 1. The molecule has 1 saturated heterocycles. The molecule has 35 heavy (non-hydrogen) atoms. The van der Waals surface area contributed by atoms with Gasteiger partial charge in [-0.25, -0.2) is 13.4 Å². The highest BCUT2D eigenvalue weighted by molar-refractivity contribution is 7.91. The Kier molecular flexibility index (Phi) is 7.48. The van der Waals surface area contributed by atoms with E-state index in [-0.39, 0.29) is 5.75 Å². The molecule has 1 aliphatic heterocycles. The standard InChI is InChI=1S/C25H34N6O3S/c32-35(33,16-15-31-13-5-2-6-14-31)21-11-9-20(10-12-21)28-25-29-23-22(26-18-27-23)24(30-25)34-17-19-7-3-1-4-8-19/h9-12,18-19H,1-8,13-17H2,(H2,26,27,28,29,30). The molecule has 0 unspecified atom stereocenters. The smallest absolute Gasteiger partial charge is 0.245 e. The number of benzene rings is 1. The molecule has 0 radical (unpaired) electrons. The lowest BCUT2D eigenvalue weighted by Crippen LogP contribution is -2.33. The molecule has 0 amide bonds. The number of hydrogen-bond donors (Lipinski definition) is 2. The molecule has 0 bridgehead atoms. The van der Waals surface area contributed by atoms with E-state index in [1.807, 2.05) is 0 Å². The van der Waals surface area contributed by atoms with Gasteiger partial charge < -0.3 is 19.9 Å². The van der Waals surface area contributed by atoms with Crippen LogP contribution in [0, 0.1) is 5.92 Å². The van der Waals surface area contributed by atoms with Crippen molar-refractivity contribution in [1.82, 2.24) is 24.8 Å². The summed E-state index contributed by atoms with van der Waals surface area (Å²) < 4.78 is 31.7. The Morgan fingerprint density at radius 3 is 2.51 bits per heavy atom. The van der Waals surface area contributed by atoms with Gasteiger partial charge in [-0.2, -0.15) is 9.97 Å². The Bertz CT molecular complexity index is 1220. The van der Waals surface area contributed by atoms with E-state index >= 15 is 0 Å². The van der Waals surface area contributed by atoms with Crippen molar-refractivity contribution in [3.8, 4) is 5.88 Å². The SMILES string of the molecule is O=S(=O)(CCN1CCCCC1)c1ccc(Nc2nc(OCC3CCCCC3)c3[nH]cnc3n2)cc1. The van der Waals surface area contributed by atoms with Gasteiger partial charge in [-0.15, -0.1) is 0 Å². The third kappa shape index (κ3) is 6.10. The number of H-pyrrole nitrogens is 1. The number of aromatic nitrogens is 4. The highest BCUT2D eigenvalue weighted by atomic mass is 32.2. The molecule has 1 aromatic carbocycles. The monoisotopic (exact) mass is 498 g/mol. The minimum atomic E-state index is -3.33. The average molecular weight is 499 g/mol. The number of rotatable bonds is 9. The van der Waals surface area contributed by atoms with E-state index in [1.165, 1.54) is 38.5 Å². The number of aromatic amines is 1. The van der Waals surface area contributed by atoms with Crippen molar-refractivity contribution in [2.45, 2.75) is 56.3 Å². The summed E-state index contributed by atoms with van der Waals surface area (Å²) in [5, 5.41) is 3.17. The summed E-state index contributed by atoms with van der Waals surface area (Å²) in [6.45, 7) is 3.20. The van der Waals surface area contributed by atoms with Crippen molar-refractivity contribution in [2.75, 3.05) is 37.3 Å². The van der Waals surface area contributed by atoms with Crippen molar-refractivity contribution >= 4 is 32.6 Å². The van der Waals surface area contributed by atoms with E-state index in [1.54, 1.807) is 30.6 Å². The normalized spacial score (nSPS) is 18.1. The Labute approximate surface area is 206 Å². The van der Waals surface area contributed by atoms with E-state index in [0.717, 1.165) is 25.9 Å². The number of sulfone groups is 1. The van der Waals surface area contributed by atoms with E-state index in [9.17, 15) is 8.42 Å². The number of imidazole rings is 1. The predicted octanol–water partition coefficient (Wildman–Crippen LogP) is 4.32. The zero-order chi connectivity index (χ0) is 24.1. The second-order valence-corrected chi connectivity index (χ2v) is 11.7. The van der Waals surface area contributed by atoms with E-state index in [0.29, 0.717) is 52.6 Å². The molecule has 188 valence electrons. The number of ether oxygens (including phenoxy) is 1. The number of fused-ring (bicyclic) bond motifs is 1. The fourth-order valence-electron chi connectivity index (χ4n) is 4.94. The molecule has 0 atom stereocenters. The van der Waals surface area contributed by atoms with Crippen LogP contribution in [0.15, 0.2) is 35.5 Å². The molecule has 2 aliphatic rings. The molecule has 10 heteroatoms. The third-order valence-corrected chi connectivity index (χ3v) is 8.74. The molecule has 5 rings (SSSR count). The zero-order valence-electron chi connectivity index (χ0n) is 20.1. The third-order valence-electron chi connectivity index (χ3n) is 7.03. The van der Waals surface area contributed by atoms with Crippen LogP contribution < -0.4 is 10.1 Å². The summed E-state index contributed by atoms with van der Waals surface area (Å²) in [6, 6.07) is 6.77. The molecule has 2 aromatic heterocycles. The van der Waals surface area contributed by atoms with Crippen LogP contribution in [-0.2, 0) is 9.84 Å². The quantitative estimate of drug-likeness (QED) is 0.449. The summed E-state index contributed by atoms with van der Waals surface area (Å²) >= 11 is 0. The van der Waals surface area contributed by atoms with Gasteiger partial charge >= 0.3 is 0 Å². The fraction of sp³-hybridized carbons (Fsp3) is 0.560. The Hall–Kier alpha value is -2.72. The van der Waals surface area contributed by atoms with E-state index in [2.05, 4.69) is 30.2 Å². The molecule has 1 saturated carbocycles. The fourth-order valence-corrected chi connectivity index (χ4v) is 6.23. The lowest BCUT2D eigenvalue weighted by atomic mass is 9.90. The molecule has 2 N–H and O–H groups in total. The van der Waals surface area contributed by atoms with Gasteiger partial charge in [0.25, 0.3) is 0 Å². The summed E-state index contributed by atoms with van der Waals surface area (Å²) in [7, 11) is -3.33. The Morgan fingerprint density at radius 2 is 1.74 bits per heavy atom. The molecule has 2 fully saturated rings. The highest BCUT2D eigenvalue weighted by Crippen LogP contribution is 2.27. The maximum atomic E-state index is 12.8.